The summed E-state index contributed by atoms with van der Waals surface area (Å²) in [5, 5.41) is 3.31. The molecule has 3 rings (SSSR count). The van der Waals surface area contributed by atoms with Gasteiger partial charge in [0.25, 0.3) is 0 Å². The van der Waals surface area contributed by atoms with Gasteiger partial charge in [0.05, 0.1) is 0 Å². The average molecular weight is 221 g/mol. The van der Waals surface area contributed by atoms with Crippen LogP contribution in [-0.4, -0.2) is 16.5 Å². The second-order valence-corrected chi connectivity index (χ2v) is 4.83. The molecule has 0 saturated heterocycles. The van der Waals surface area contributed by atoms with Crippen LogP contribution in [-0.2, 0) is 6.42 Å². The summed E-state index contributed by atoms with van der Waals surface area (Å²) in [4.78, 5) is 7.65. The molecule has 0 spiro atoms. The molecule has 0 aromatic carbocycles. The van der Waals surface area contributed by atoms with Crippen LogP contribution in [0.25, 0.3) is 0 Å². The van der Waals surface area contributed by atoms with Crippen LogP contribution >= 0.6 is 12.2 Å². The molecule has 0 amide bonds. The molecule has 1 aliphatic heterocycles. The molecule has 1 aliphatic carbocycles. The molecule has 1 fully saturated rings. The molecule has 0 bridgehead atoms. The van der Waals surface area contributed by atoms with E-state index in [0.717, 1.165) is 18.8 Å². The fraction of sp³-hybridized carbons (Fsp3) is 0.636. The van der Waals surface area contributed by atoms with E-state index in [2.05, 4.69) is 15.3 Å². The third-order valence-electron chi connectivity index (χ3n) is 3.50. The van der Waals surface area contributed by atoms with Crippen LogP contribution in [0.3, 0.4) is 0 Å². The summed E-state index contributed by atoms with van der Waals surface area (Å²) < 4.78 is 0.630. The van der Waals surface area contributed by atoms with E-state index >= 15 is 0 Å². The Morgan fingerprint density at radius 1 is 1.27 bits per heavy atom. The number of aromatic nitrogens is 2. The van der Waals surface area contributed by atoms with Gasteiger partial charge in [0.1, 0.15) is 5.82 Å². The third kappa shape index (κ3) is 1.57. The van der Waals surface area contributed by atoms with E-state index in [9.17, 15) is 0 Å². The van der Waals surface area contributed by atoms with Gasteiger partial charge < -0.3 is 10.3 Å². The molecule has 0 radical (unpaired) electrons. The zero-order valence-electron chi connectivity index (χ0n) is 8.68. The van der Waals surface area contributed by atoms with Gasteiger partial charge in [-0.15, -0.1) is 0 Å². The van der Waals surface area contributed by atoms with E-state index in [0.29, 0.717) is 10.7 Å². The summed E-state index contributed by atoms with van der Waals surface area (Å²) in [5.74, 6) is 1.73. The molecule has 2 N–H and O–H groups in total. The Labute approximate surface area is 94.3 Å². The van der Waals surface area contributed by atoms with Gasteiger partial charge in [0, 0.05) is 17.8 Å². The highest BCUT2D eigenvalue weighted by Crippen LogP contribution is 2.37. The van der Waals surface area contributed by atoms with Crippen molar-refractivity contribution in [2.24, 2.45) is 0 Å². The molecule has 1 aromatic rings. The topological polar surface area (TPSA) is 40.7 Å². The molecule has 15 heavy (non-hydrogen) atoms. The Hall–Kier alpha value is -0.900. The highest BCUT2D eigenvalue weighted by Gasteiger charge is 2.24. The molecule has 3 nitrogen and oxygen atoms in total. The van der Waals surface area contributed by atoms with Crippen LogP contribution in [0.1, 0.15) is 42.9 Å². The van der Waals surface area contributed by atoms with E-state index < -0.39 is 0 Å². The van der Waals surface area contributed by atoms with Crippen molar-refractivity contribution in [3.8, 4) is 0 Å². The van der Waals surface area contributed by atoms with Crippen molar-refractivity contribution in [1.29, 1.82) is 0 Å². The second kappa shape index (κ2) is 3.59. The molecule has 1 saturated carbocycles. The monoisotopic (exact) mass is 221 g/mol. The van der Waals surface area contributed by atoms with E-state index in [1.165, 1.54) is 36.9 Å². The van der Waals surface area contributed by atoms with Crippen molar-refractivity contribution < 1.29 is 0 Å². The molecule has 4 heteroatoms. The van der Waals surface area contributed by atoms with Crippen molar-refractivity contribution >= 4 is 18.0 Å². The maximum atomic E-state index is 5.17. The Morgan fingerprint density at radius 2 is 2.07 bits per heavy atom. The van der Waals surface area contributed by atoms with Crippen LogP contribution in [0.15, 0.2) is 0 Å². The fourth-order valence-corrected chi connectivity index (χ4v) is 2.98. The van der Waals surface area contributed by atoms with Crippen LogP contribution in [0.2, 0.25) is 0 Å². The molecule has 2 heterocycles. The number of fused-ring (bicyclic) bond motifs is 1. The summed E-state index contributed by atoms with van der Waals surface area (Å²) in [7, 11) is 0. The van der Waals surface area contributed by atoms with Crippen molar-refractivity contribution in [2.45, 2.75) is 38.0 Å². The Kier molecular flexibility index (Phi) is 2.24. The minimum Gasteiger partial charge on any atom is -0.369 e. The zero-order valence-corrected chi connectivity index (χ0v) is 9.49. The number of anilines is 1. The average Bonchev–Trinajstić information content (AvgIpc) is 2.86. The van der Waals surface area contributed by atoms with E-state index in [4.69, 9.17) is 12.2 Å². The smallest absolute Gasteiger partial charge is 0.198 e. The normalized spacial score (nSPS) is 20.3. The highest BCUT2D eigenvalue weighted by atomic mass is 32.1. The first-order chi connectivity index (χ1) is 7.34. The molecule has 80 valence electrons. The lowest BCUT2D eigenvalue weighted by Gasteiger charge is -2.13. The van der Waals surface area contributed by atoms with E-state index in [1.54, 1.807) is 0 Å². The van der Waals surface area contributed by atoms with Gasteiger partial charge in [0.15, 0.2) is 4.77 Å². The molecular formula is C11H15N3S. The number of H-pyrrole nitrogens is 1. The first-order valence-electron chi connectivity index (χ1n) is 5.71. The first kappa shape index (κ1) is 9.33. The van der Waals surface area contributed by atoms with Crippen molar-refractivity contribution in [1.82, 2.24) is 9.97 Å². The Bertz CT molecular complexity index is 432. The maximum absolute atomic E-state index is 5.17. The zero-order chi connectivity index (χ0) is 10.3. The number of rotatable bonds is 1. The van der Waals surface area contributed by atoms with E-state index in [-0.39, 0.29) is 0 Å². The maximum Gasteiger partial charge on any atom is 0.198 e. The predicted molar refractivity (Wildman–Crippen MR) is 62.8 cm³/mol. The van der Waals surface area contributed by atoms with Gasteiger partial charge in [-0.1, -0.05) is 12.8 Å². The largest absolute Gasteiger partial charge is 0.369 e. The minimum absolute atomic E-state index is 0.630. The number of nitrogens with zero attached hydrogens (tertiary/aromatic N) is 1. The van der Waals surface area contributed by atoms with E-state index in [1.807, 2.05) is 0 Å². The Balaban J connectivity index is 2.09. The van der Waals surface area contributed by atoms with Crippen LogP contribution in [0.4, 0.5) is 5.82 Å². The van der Waals surface area contributed by atoms with Gasteiger partial charge in [-0.2, -0.15) is 0 Å². The summed E-state index contributed by atoms with van der Waals surface area (Å²) in [6.07, 6.45) is 6.43. The predicted octanol–water partition coefficient (Wildman–Crippen LogP) is 2.76. The lowest BCUT2D eigenvalue weighted by atomic mass is 9.98. The SMILES string of the molecule is S=c1nc2c(c(C3CCCC3)[nH]1)CCN2. The van der Waals surface area contributed by atoms with Gasteiger partial charge in [-0.25, -0.2) is 4.98 Å². The van der Waals surface area contributed by atoms with Crippen LogP contribution < -0.4 is 5.32 Å². The summed E-state index contributed by atoms with van der Waals surface area (Å²) >= 11 is 5.17. The number of hydrogen-bond acceptors (Lipinski definition) is 3. The quantitative estimate of drug-likeness (QED) is 0.716. The van der Waals surface area contributed by atoms with Crippen LogP contribution in [0.5, 0.6) is 0 Å². The van der Waals surface area contributed by atoms with Gasteiger partial charge >= 0.3 is 0 Å². The van der Waals surface area contributed by atoms with Gasteiger partial charge in [-0.05, 0) is 37.4 Å². The van der Waals surface area contributed by atoms with Crippen LogP contribution in [0, 0.1) is 4.77 Å². The molecule has 0 atom stereocenters. The number of aromatic amines is 1. The number of hydrogen-bond donors (Lipinski definition) is 2. The summed E-state index contributed by atoms with van der Waals surface area (Å²) in [5.41, 5.74) is 2.75. The van der Waals surface area contributed by atoms with Crippen molar-refractivity contribution in [3.63, 3.8) is 0 Å². The molecular weight excluding hydrogens is 206 g/mol. The lowest BCUT2D eigenvalue weighted by molar-refractivity contribution is 0.684. The standard InChI is InChI=1S/C11H15N3S/c15-11-13-9(7-3-1-2-4-7)8-5-6-12-10(8)14-11/h7H,1-6H2,(H2,12,13,14,15). The lowest BCUT2D eigenvalue weighted by Crippen LogP contribution is -2.03. The summed E-state index contributed by atoms with van der Waals surface area (Å²) in [6, 6.07) is 0. The molecule has 1 aromatic heterocycles. The number of nitrogens with one attached hydrogen (secondary N) is 2. The van der Waals surface area contributed by atoms with Gasteiger partial charge in [0.2, 0.25) is 0 Å². The third-order valence-corrected chi connectivity index (χ3v) is 3.69. The summed E-state index contributed by atoms with van der Waals surface area (Å²) in [6.45, 7) is 1.01. The highest BCUT2D eigenvalue weighted by molar-refractivity contribution is 7.71. The Morgan fingerprint density at radius 3 is 2.87 bits per heavy atom. The molecule has 2 aliphatic rings. The van der Waals surface area contributed by atoms with Crippen molar-refractivity contribution in [3.05, 3.63) is 16.0 Å². The van der Waals surface area contributed by atoms with Crippen molar-refractivity contribution in [2.75, 3.05) is 11.9 Å². The van der Waals surface area contributed by atoms with Gasteiger partial charge in [-0.3, -0.25) is 0 Å². The molecule has 0 unspecified atom stereocenters. The first-order valence-corrected chi connectivity index (χ1v) is 6.12. The fourth-order valence-electron chi connectivity index (χ4n) is 2.78. The second-order valence-electron chi connectivity index (χ2n) is 4.44. The minimum atomic E-state index is 0.630.